The molecule has 0 spiro atoms. The minimum absolute atomic E-state index is 0.00198. The van der Waals surface area contributed by atoms with Crippen molar-refractivity contribution >= 4 is 25.4 Å². The second kappa shape index (κ2) is 2.96. The Hall–Kier alpha value is -1.07. The molecule has 0 amide bonds. The third-order valence-corrected chi connectivity index (χ3v) is 3.22. The van der Waals surface area contributed by atoms with Gasteiger partial charge in [0.15, 0.2) is 5.03 Å². The molecule has 0 fully saturated rings. The van der Waals surface area contributed by atoms with E-state index in [9.17, 15) is 8.42 Å². The van der Waals surface area contributed by atoms with Gasteiger partial charge >= 0.3 is 0 Å². The van der Waals surface area contributed by atoms with Gasteiger partial charge in [0.1, 0.15) is 5.65 Å². The number of fused-ring (bicyclic) bond motifs is 1. The van der Waals surface area contributed by atoms with E-state index in [0.29, 0.717) is 5.65 Å². The number of rotatable bonds is 1. The van der Waals surface area contributed by atoms with Crippen LogP contribution in [-0.4, -0.2) is 17.8 Å². The average Bonchev–Trinajstić information content (AvgIpc) is 2.47. The zero-order valence-electron chi connectivity index (χ0n) is 7.31. The lowest BCUT2D eigenvalue weighted by atomic mass is 10.3. The number of aromatic nitrogens is 2. The van der Waals surface area contributed by atoms with Crippen LogP contribution < -0.4 is 0 Å². The Morgan fingerprint density at radius 3 is 2.86 bits per heavy atom. The minimum Gasteiger partial charge on any atom is -0.289 e. The van der Waals surface area contributed by atoms with Crippen molar-refractivity contribution in [1.29, 1.82) is 0 Å². The fraction of sp³-hybridized carbons (Fsp3) is 0.125. The van der Waals surface area contributed by atoms with Crippen molar-refractivity contribution in [2.45, 2.75) is 11.9 Å². The molecule has 0 aromatic carbocycles. The Morgan fingerprint density at radius 2 is 2.21 bits per heavy atom. The molecule has 2 aromatic rings. The first-order chi connectivity index (χ1) is 6.50. The van der Waals surface area contributed by atoms with Gasteiger partial charge < -0.3 is 0 Å². The SMILES string of the molecule is Cc1cccn2c(S(=O)(=O)Cl)cnc12. The van der Waals surface area contributed by atoms with E-state index in [-0.39, 0.29) is 5.03 Å². The van der Waals surface area contributed by atoms with Gasteiger partial charge in [-0.2, -0.15) is 0 Å². The summed E-state index contributed by atoms with van der Waals surface area (Å²) in [5.74, 6) is 0. The summed E-state index contributed by atoms with van der Waals surface area (Å²) in [6.45, 7) is 1.85. The Labute approximate surface area is 85.6 Å². The van der Waals surface area contributed by atoms with Crippen LogP contribution in [0.3, 0.4) is 0 Å². The smallest absolute Gasteiger partial charge is 0.278 e. The fourth-order valence-electron chi connectivity index (χ4n) is 1.31. The van der Waals surface area contributed by atoms with Crippen LogP contribution in [0.15, 0.2) is 29.6 Å². The number of imidazole rings is 1. The molecule has 0 aliphatic carbocycles. The first-order valence-electron chi connectivity index (χ1n) is 3.87. The van der Waals surface area contributed by atoms with Gasteiger partial charge in [-0.3, -0.25) is 4.40 Å². The van der Waals surface area contributed by atoms with Crippen molar-refractivity contribution in [1.82, 2.24) is 9.38 Å². The van der Waals surface area contributed by atoms with Gasteiger partial charge in [0, 0.05) is 16.9 Å². The summed E-state index contributed by atoms with van der Waals surface area (Å²) < 4.78 is 23.7. The molecule has 2 rings (SSSR count). The molecule has 2 heterocycles. The van der Waals surface area contributed by atoms with Crippen LogP contribution in [0, 0.1) is 6.92 Å². The Balaban J connectivity index is 2.90. The third-order valence-electron chi connectivity index (χ3n) is 1.95. The molecule has 0 N–H and O–H groups in total. The zero-order valence-corrected chi connectivity index (χ0v) is 8.88. The molecule has 0 saturated carbocycles. The molecule has 0 saturated heterocycles. The highest BCUT2D eigenvalue weighted by atomic mass is 35.7. The minimum atomic E-state index is -3.73. The monoisotopic (exact) mass is 230 g/mol. The molecular weight excluding hydrogens is 224 g/mol. The second-order valence-corrected chi connectivity index (χ2v) is 5.43. The highest BCUT2D eigenvalue weighted by Gasteiger charge is 2.16. The average molecular weight is 231 g/mol. The molecule has 4 nitrogen and oxygen atoms in total. The van der Waals surface area contributed by atoms with E-state index in [4.69, 9.17) is 10.7 Å². The molecule has 0 atom stereocenters. The predicted octanol–water partition coefficient (Wildman–Crippen LogP) is 1.57. The van der Waals surface area contributed by atoms with Crippen LogP contribution in [0.2, 0.25) is 0 Å². The summed E-state index contributed by atoms with van der Waals surface area (Å²) in [7, 11) is 1.51. The van der Waals surface area contributed by atoms with E-state index >= 15 is 0 Å². The van der Waals surface area contributed by atoms with E-state index in [1.54, 1.807) is 12.3 Å². The summed E-state index contributed by atoms with van der Waals surface area (Å²) in [5, 5.41) is -0.00198. The number of halogens is 1. The Kier molecular flexibility index (Phi) is 2.01. The van der Waals surface area contributed by atoms with E-state index in [2.05, 4.69) is 4.98 Å². The number of pyridine rings is 1. The maximum Gasteiger partial charge on any atom is 0.278 e. The normalized spacial score (nSPS) is 12.1. The molecule has 74 valence electrons. The Morgan fingerprint density at radius 1 is 1.50 bits per heavy atom. The molecule has 0 radical (unpaired) electrons. The first kappa shape index (κ1) is 9.48. The van der Waals surface area contributed by atoms with Crippen molar-refractivity contribution in [3.8, 4) is 0 Å². The molecule has 14 heavy (non-hydrogen) atoms. The highest BCUT2D eigenvalue weighted by Crippen LogP contribution is 2.18. The molecule has 0 aliphatic rings. The van der Waals surface area contributed by atoms with E-state index in [1.807, 2.05) is 13.0 Å². The van der Waals surface area contributed by atoms with Gasteiger partial charge in [-0.15, -0.1) is 0 Å². The molecule has 0 aliphatic heterocycles. The summed E-state index contributed by atoms with van der Waals surface area (Å²) in [5.41, 5.74) is 1.51. The van der Waals surface area contributed by atoms with Crippen LogP contribution in [0.1, 0.15) is 5.56 Å². The summed E-state index contributed by atoms with van der Waals surface area (Å²) >= 11 is 0. The van der Waals surface area contributed by atoms with Gasteiger partial charge in [0.25, 0.3) is 9.05 Å². The van der Waals surface area contributed by atoms with Gasteiger partial charge in [-0.1, -0.05) is 6.07 Å². The highest BCUT2D eigenvalue weighted by molar-refractivity contribution is 8.13. The fourth-order valence-corrected chi connectivity index (χ4v) is 2.21. The summed E-state index contributed by atoms with van der Waals surface area (Å²) in [6, 6.07) is 3.60. The van der Waals surface area contributed by atoms with Gasteiger partial charge in [-0.25, -0.2) is 13.4 Å². The standard InChI is InChI=1S/C8H7ClN2O2S/c1-6-3-2-4-11-7(14(9,12)13)5-10-8(6)11/h2-5H,1H3. The molecule has 2 aromatic heterocycles. The van der Waals surface area contributed by atoms with Crippen molar-refractivity contribution in [2.24, 2.45) is 0 Å². The molecule has 6 heteroatoms. The van der Waals surface area contributed by atoms with Crippen LogP contribution in [0.5, 0.6) is 0 Å². The van der Waals surface area contributed by atoms with Crippen LogP contribution in [-0.2, 0) is 9.05 Å². The molecule has 0 bridgehead atoms. The van der Waals surface area contributed by atoms with Crippen molar-refractivity contribution in [3.63, 3.8) is 0 Å². The lowest BCUT2D eigenvalue weighted by Gasteiger charge is -1.98. The number of aryl methyl sites for hydroxylation is 1. The Bertz CT molecular complexity index is 588. The van der Waals surface area contributed by atoms with Crippen molar-refractivity contribution in [3.05, 3.63) is 30.1 Å². The number of hydrogen-bond acceptors (Lipinski definition) is 3. The van der Waals surface area contributed by atoms with Gasteiger partial charge in [-0.05, 0) is 18.6 Å². The van der Waals surface area contributed by atoms with Crippen LogP contribution in [0.4, 0.5) is 0 Å². The first-order valence-corrected chi connectivity index (χ1v) is 6.18. The summed E-state index contributed by atoms with van der Waals surface area (Å²) in [6.07, 6.45) is 2.87. The zero-order chi connectivity index (χ0) is 10.3. The topological polar surface area (TPSA) is 51.4 Å². The van der Waals surface area contributed by atoms with E-state index in [1.165, 1.54) is 10.6 Å². The third kappa shape index (κ3) is 1.38. The van der Waals surface area contributed by atoms with E-state index in [0.717, 1.165) is 5.56 Å². The van der Waals surface area contributed by atoms with Crippen LogP contribution in [0.25, 0.3) is 5.65 Å². The lowest BCUT2D eigenvalue weighted by molar-refractivity contribution is 0.605. The van der Waals surface area contributed by atoms with Crippen molar-refractivity contribution in [2.75, 3.05) is 0 Å². The summed E-state index contributed by atoms with van der Waals surface area (Å²) in [4.78, 5) is 3.98. The second-order valence-electron chi connectivity index (χ2n) is 2.92. The number of nitrogens with zero attached hydrogens (tertiary/aromatic N) is 2. The van der Waals surface area contributed by atoms with Crippen LogP contribution >= 0.6 is 10.7 Å². The van der Waals surface area contributed by atoms with E-state index < -0.39 is 9.05 Å². The van der Waals surface area contributed by atoms with Gasteiger partial charge in [0.2, 0.25) is 0 Å². The molecular formula is C8H7ClN2O2S. The van der Waals surface area contributed by atoms with Crippen molar-refractivity contribution < 1.29 is 8.42 Å². The quantitative estimate of drug-likeness (QED) is 0.699. The molecule has 0 unspecified atom stereocenters. The lowest BCUT2D eigenvalue weighted by Crippen LogP contribution is -1.96. The number of hydrogen-bond donors (Lipinski definition) is 0. The predicted molar refractivity (Wildman–Crippen MR) is 53.0 cm³/mol. The maximum absolute atomic E-state index is 11.1. The largest absolute Gasteiger partial charge is 0.289 e. The van der Waals surface area contributed by atoms with Gasteiger partial charge in [0.05, 0.1) is 6.20 Å². The maximum atomic E-state index is 11.1.